The minimum Gasteiger partial charge on any atom is -0.416 e. The zero-order valence-corrected chi connectivity index (χ0v) is 14.4. The molecular weight excluding hydrogens is 329 g/mol. The zero-order valence-electron chi connectivity index (χ0n) is 13.6. The molecule has 1 aromatic carbocycles. The number of carbonyl (C=O) groups is 1. The molecule has 0 bridgehead atoms. The molecule has 0 radical (unpaired) electrons. The molecule has 2 heterocycles. The van der Waals surface area contributed by atoms with Gasteiger partial charge in [0.05, 0.1) is 11.8 Å². The van der Waals surface area contributed by atoms with Crippen molar-refractivity contribution < 1.29 is 13.6 Å². The van der Waals surface area contributed by atoms with Gasteiger partial charge in [0, 0.05) is 13.0 Å². The lowest BCUT2D eigenvalue weighted by Gasteiger charge is -2.36. The number of aromatic nitrogens is 2. The first-order valence-electron chi connectivity index (χ1n) is 8.17. The predicted octanol–water partition coefficient (Wildman–Crippen LogP) is 3.62. The summed E-state index contributed by atoms with van der Waals surface area (Å²) in [7, 11) is 0. The molecular formula is C17H20FN3O2S. The van der Waals surface area contributed by atoms with Crippen LogP contribution in [0.1, 0.15) is 43.7 Å². The fraction of sp³-hybridized carbons (Fsp3) is 0.471. The van der Waals surface area contributed by atoms with E-state index in [4.69, 9.17) is 4.42 Å². The van der Waals surface area contributed by atoms with E-state index in [1.807, 2.05) is 17.9 Å². The predicted molar refractivity (Wildman–Crippen MR) is 89.1 cm³/mol. The lowest BCUT2D eigenvalue weighted by atomic mass is 9.95. The summed E-state index contributed by atoms with van der Waals surface area (Å²) in [5.41, 5.74) is 0.860. The van der Waals surface area contributed by atoms with Crippen molar-refractivity contribution in [3.8, 4) is 0 Å². The number of carbonyl (C=O) groups excluding carboxylic acids is 1. The summed E-state index contributed by atoms with van der Waals surface area (Å²) >= 11 is 1.25. The second-order valence-corrected chi connectivity index (χ2v) is 6.68. The van der Waals surface area contributed by atoms with Crippen molar-refractivity contribution >= 4 is 17.7 Å². The van der Waals surface area contributed by atoms with Gasteiger partial charge in [-0.05, 0) is 37.0 Å². The Hall–Kier alpha value is -1.89. The van der Waals surface area contributed by atoms with E-state index in [1.165, 1.54) is 23.9 Å². The first kappa shape index (κ1) is 17.0. The van der Waals surface area contributed by atoms with Gasteiger partial charge in [-0.2, -0.15) is 0 Å². The fourth-order valence-electron chi connectivity index (χ4n) is 2.94. The standard InChI is InChI=1S/C17H20FN3O2S/c1-2-15-19-20-17(23-15)24-11-16(22)21-9-4-3-8-14(21)12-6-5-7-13(18)10-12/h5-7,10,14H,2-4,8-9,11H2,1H3/t14-/m1/s1. The van der Waals surface area contributed by atoms with Crippen LogP contribution in [-0.4, -0.2) is 33.3 Å². The summed E-state index contributed by atoms with van der Waals surface area (Å²) in [5, 5.41) is 8.23. The molecule has 1 aliphatic rings. The van der Waals surface area contributed by atoms with Crippen LogP contribution in [0, 0.1) is 5.82 Å². The minimum absolute atomic E-state index is 0.0187. The Labute approximate surface area is 144 Å². The van der Waals surface area contributed by atoms with Crippen molar-refractivity contribution in [1.29, 1.82) is 0 Å². The summed E-state index contributed by atoms with van der Waals surface area (Å²) in [4.78, 5) is 14.5. The zero-order chi connectivity index (χ0) is 16.9. The molecule has 0 unspecified atom stereocenters. The quantitative estimate of drug-likeness (QED) is 0.772. The normalized spacial score (nSPS) is 17.9. The van der Waals surface area contributed by atoms with Crippen molar-refractivity contribution in [2.75, 3.05) is 12.3 Å². The van der Waals surface area contributed by atoms with Gasteiger partial charge in [-0.3, -0.25) is 4.79 Å². The third-order valence-corrected chi connectivity index (χ3v) is 4.93. The van der Waals surface area contributed by atoms with Gasteiger partial charge in [-0.1, -0.05) is 30.8 Å². The first-order chi connectivity index (χ1) is 11.7. The molecule has 1 aromatic heterocycles. The topological polar surface area (TPSA) is 59.2 Å². The van der Waals surface area contributed by atoms with E-state index >= 15 is 0 Å². The van der Waals surface area contributed by atoms with Gasteiger partial charge in [-0.25, -0.2) is 4.39 Å². The van der Waals surface area contributed by atoms with Gasteiger partial charge in [0.2, 0.25) is 11.8 Å². The highest BCUT2D eigenvalue weighted by atomic mass is 32.2. The summed E-state index contributed by atoms with van der Waals surface area (Å²) in [6.45, 7) is 2.63. The molecule has 1 saturated heterocycles. The van der Waals surface area contributed by atoms with E-state index < -0.39 is 0 Å². The number of piperidine rings is 1. The molecule has 3 rings (SSSR count). The summed E-state index contributed by atoms with van der Waals surface area (Å²) in [6, 6.07) is 6.47. The average Bonchev–Trinajstić information content (AvgIpc) is 3.08. The number of hydrogen-bond acceptors (Lipinski definition) is 5. The molecule has 1 fully saturated rings. The third kappa shape index (κ3) is 3.95. The minimum atomic E-state index is -0.266. The van der Waals surface area contributed by atoms with Crippen LogP contribution in [0.3, 0.4) is 0 Å². The van der Waals surface area contributed by atoms with Crippen molar-refractivity contribution in [1.82, 2.24) is 15.1 Å². The van der Waals surface area contributed by atoms with Crippen LogP contribution >= 0.6 is 11.8 Å². The molecule has 0 N–H and O–H groups in total. The van der Waals surface area contributed by atoms with Gasteiger partial charge in [0.25, 0.3) is 5.22 Å². The second-order valence-electron chi connectivity index (χ2n) is 5.76. The molecule has 1 atom stereocenters. The van der Waals surface area contributed by atoms with Crippen LogP contribution < -0.4 is 0 Å². The van der Waals surface area contributed by atoms with E-state index in [-0.39, 0.29) is 23.5 Å². The maximum absolute atomic E-state index is 13.5. The van der Waals surface area contributed by atoms with Gasteiger partial charge in [-0.15, -0.1) is 10.2 Å². The second kappa shape index (κ2) is 7.79. The molecule has 128 valence electrons. The summed E-state index contributed by atoms with van der Waals surface area (Å²) < 4.78 is 18.9. The van der Waals surface area contributed by atoms with Crippen LogP contribution in [0.2, 0.25) is 0 Å². The Morgan fingerprint density at radius 1 is 1.42 bits per heavy atom. The summed E-state index contributed by atoms with van der Waals surface area (Å²) in [5.74, 6) is 0.570. The number of rotatable bonds is 5. The first-order valence-corrected chi connectivity index (χ1v) is 9.16. The highest BCUT2D eigenvalue weighted by Gasteiger charge is 2.28. The number of hydrogen-bond donors (Lipinski definition) is 0. The van der Waals surface area contributed by atoms with E-state index in [9.17, 15) is 9.18 Å². The number of halogens is 1. The Morgan fingerprint density at radius 3 is 3.04 bits per heavy atom. The maximum Gasteiger partial charge on any atom is 0.277 e. The number of likely N-dealkylation sites (tertiary alicyclic amines) is 1. The van der Waals surface area contributed by atoms with Gasteiger partial charge in [0.15, 0.2) is 0 Å². The largest absolute Gasteiger partial charge is 0.416 e. The van der Waals surface area contributed by atoms with Crippen LogP contribution in [0.15, 0.2) is 33.9 Å². The SMILES string of the molecule is CCc1nnc(SCC(=O)N2CCCC[C@@H]2c2cccc(F)c2)o1. The molecule has 24 heavy (non-hydrogen) atoms. The van der Waals surface area contributed by atoms with E-state index in [0.717, 1.165) is 24.8 Å². The number of thioether (sulfide) groups is 1. The fourth-order valence-corrected chi connectivity index (χ4v) is 3.60. The van der Waals surface area contributed by atoms with E-state index in [0.29, 0.717) is 24.1 Å². The monoisotopic (exact) mass is 349 g/mol. The lowest BCUT2D eigenvalue weighted by molar-refractivity contribution is -0.132. The molecule has 5 nitrogen and oxygen atoms in total. The van der Waals surface area contributed by atoms with Gasteiger partial charge < -0.3 is 9.32 Å². The molecule has 0 saturated carbocycles. The maximum atomic E-state index is 13.5. The average molecular weight is 349 g/mol. The molecule has 1 amide bonds. The Bertz CT molecular complexity index is 707. The number of nitrogens with zero attached hydrogens (tertiary/aromatic N) is 3. The van der Waals surface area contributed by atoms with Crippen LogP contribution in [0.25, 0.3) is 0 Å². The van der Waals surface area contributed by atoms with Crippen LogP contribution in [-0.2, 0) is 11.2 Å². The number of amides is 1. The van der Waals surface area contributed by atoms with Crippen molar-refractivity contribution in [2.45, 2.75) is 43.9 Å². The molecule has 2 aromatic rings. The molecule has 0 aliphatic carbocycles. The van der Waals surface area contributed by atoms with E-state index in [2.05, 4.69) is 10.2 Å². The van der Waals surface area contributed by atoms with Gasteiger partial charge >= 0.3 is 0 Å². The van der Waals surface area contributed by atoms with Crippen molar-refractivity contribution in [3.05, 3.63) is 41.5 Å². The van der Waals surface area contributed by atoms with E-state index in [1.54, 1.807) is 6.07 Å². The van der Waals surface area contributed by atoms with Crippen molar-refractivity contribution in [2.24, 2.45) is 0 Å². The molecule has 7 heteroatoms. The highest BCUT2D eigenvalue weighted by Crippen LogP contribution is 2.32. The molecule has 1 aliphatic heterocycles. The van der Waals surface area contributed by atoms with Crippen LogP contribution in [0.4, 0.5) is 4.39 Å². The number of aryl methyl sites for hydroxylation is 1. The van der Waals surface area contributed by atoms with Gasteiger partial charge in [0.1, 0.15) is 5.82 Å². The Kier molecular flexibility index (Phi) is 5.50. The van der Waals surface area contributed by atoms with Crippen LogP contribution in [0.5, 0.6) is 0 Å². The summed E-state index contributed by atoms with van der Waals surface area (Å²) in [6.07, 6.45) is 3.56. The third-order valence-electron chi connectivity index (χ3n) is 4.13. The smallest absolute Gasteiger partial charge is 0.277 e. The lowest BCUT2D eigenvalue weighted by Crippen LogP contribution is -2.39. The Morgan fingerprint density at radius 2 is 2.29 bits per heavy atom. The number of benzene rings is 1. The van der Waals surface area contributed by atoms with Crippen molar-refractivity contribution in [3.63, 3.8) is 0 Å². The molecule has 0 spiro atoms. The highest BCUT2D eigenvalue weighted by molar-refractivity contribution is 7.99. The Balaban J connectivity index is 1.67.